The van der Waals surface area contributed by atoms with Gasteiger partial charge in [0.15, 0.2) is 0 Å². The summed E-state index contributed by atoms with van der Waals surface area (Å²) >= 11 is 1.18. The normalized spacial score (nSPS) is 11.2. The predicted molar refractivity (Wildman–Crippen MR) is 137 cm³/mol. The van der Waals surface area contributed by atoms with Crippen LogP contribution in [0.2, 0.25) is 0 Å². The number of methoxy groups -OCH3 is 1. The lowest BCUT2D eigenvalue weighted by molar-refractivity contribution is 0.398. The fraction of sp³-hybridized carbons (Fsp3) is 0.100. The van der Waals surface area contributed by atoms with Crippen molar-refractivity contribution in [3.63, 3.8) is 0 Å². The lowest BCUT2D eigenvalue weighted by atomic mass is 10.3. The van der Waals surface area contributed by atoms with E-state index in [9.17, 15) is 16.8 Å². The average molecular weight is 551 g/mol. The van der Waals surface area contributed by atoms with E-state index in [0.717, 1.165) is 0 Å². The van der Waals surface area contributed by atoms with Crippen molar-refractivity contribution in [3.05, 3.63) is 65.9 Å². The van der Waals surface area contributed by atoms with Crippen LogP contribution in [-0.4, -0.2) is 44.1 Å². The van der Waals surface area contributed by atoms with E-state index in [4.69, 9.17) is 16.2 Å². The number of hydrogen-bond donors (Lipinski definition) is 4. The molecule has 16 heteroatoms. The number of aromatic nitrogens is 4. The molecular formula is C20H22N8O5S3. The molecule has 36 heavy (non-hydrogen) atoms. The number of sulfonamides is 2. The van der Waals surface area contributed by atoms with Crippen molar-refractivity contribution >= 4 is 53.7 Å². The van der Waals surface area contributed by atoms with Crippen LogP contribution >= 0.6 is 11.3 Å². The van der Waals surface area contributed by atoms with Crippen LogP contribution in [0.1, 0.15) is 5.01 Å². The molecule has 0 aliphatic carbocycles. The number of ether oxygens (including phenoxy) is 1. The van der Waals surface area contributed by atoms with Crippen molar-refractivity contribution in [2.75, 3.05) is 28.0 Å². The first-order valence-corrected chi connectivity index (χ1v) is 13.7. The molecular weight excluding hydrogens is 528 g/mol. The maximum absolute atomic E-state index is 12.1. The second-order valence-corrected chi connectivity index (χ2v) is 11.4. The SMILES string of the molecule is COc1nccnc1NS(=O)(=O)c1ccc(N)cc1.Cc1nnc(NS(=O)(=O)c2ccc(N)cc2)s1. The molecule has 6 N–H and O–H groups in total. The quantitative estimate of drug-likeness (QED) is 0.245. The van der Waals surface area contributed by atoms with Crippen LogP contribution in [0.5, 0.6) is 5.88 Å². The molecule has 0 fully saturated rings. The number of hydrogen-bond acceptors (Lipinski definition) is 12. The van der Waals surface area contributed by atoms with Crippen molar-refractivity contribution in [3.8, 4) is 5.88 Å². The maximum atomic E-state index is 12.1. The van der Waals surface area contributed by atoms with Crippen LogP contribution in [0.3, 0.4) is 0 Å². The smallest absolute Gasteiger partial charge is 0.263 e. The molecule has 0 unspecified atom stereocenters. The summed E-state index contributed by atoms with van der Waals surface area (Å²) in [5.74, 6) is 0.128. The third kappa shape index (κ3) is 7.00. The Morgan fingerprint density at radius 1 is 0.778 bits per heavy atom. The Morgan fingerprint density at radius 3 is 1.75 bits per heavy atom. The molecule has 0 saturated heterocycles. The molecule has 0 radical (unpaired) electrons. The molecule has 2 heterocycles. The molecule has 0 atom stereocenters. The molecule has 0 aliphatic rings. The second kappa shape index (κ2) is 11.1. The fourth-order valence-corrected chi connectivity index (χ4v) is 5.37. The van der Waals surface area contributed by atoms with Gasteiger partial charge < -0.3 is 16.2 Å². The van der Waals surface area contributed by atoms with E-state index >= 15 is 0 Å². The van der Waals surface area contributed by atoms with Gasteiger partial charge in [-0.15, -0.1) is 10.2 Å². The number of nitrogen functional groups attached to an aromatic ring is 2. The molecule has 0 saturated carbocycles. The number of benzene rings is 2. The Hall–Kier alpha value is -4.02. The number of rotatable bonds is 7. The van der Waals surface area contributed by atoms with E-state index in [1.54, 1.807) is 6.92 Å². The highest BCUT2D eigenvalue weighted by molar-refractivity contribution is 7.93. The monoisotopic (exact) mass is 550 g/mol. The van der Waals surface area contributed by atoms with Crippen LogP contribution in [0.4, 0.5) is 22.3 Å². The van der Waals surface area contributed by atoms with Crippen LogP contribution < -0.4 is 25.6 Å². The predicted octanol–water partition coefficient (Wildman–Crippen LogP) is 2.10. The zero-order chi connectivity index (χ0) is 26.3. The van der Waals surface area contributed by atoms with E-state index in [1.165, 1.54) is 79.4 Å². The second-order valence-electron chi connectivity index (χ2n) is 6.89. The molecule has 0 bridgehead atoms. The first kappa shape index (κ1) is 26.6. The summed E-state index contributed by atoms with van der Waals surface area (Å²) in [6.07, 6.45) is 2.77. The van der Waals surface area contributed by atoms with Gasteiger partial charge in [0.2, 0.25) is 10.9 Å². The van der Waals surface area contributed by atoms with Gasteiger partial charge in [0.25, 0.3) is 25.9 Å². The van der Waals surface area contributed by atoms with Crippen molar-refractivity contribution in [2.24, 2.45) is 0 Å². The molecule has 4 rings (SSSR count). The number of anilines is 4. The van der Waals surface area contributed by atoms with Gasteiger partial charge in [0.1, 0.15) is 5.01 Å². The Labute approximate surface area is 211 Å². The van der Waals surface area contributed by atoms with Gasteiger partial charge in [-0.2, -0.15) is 0 Å². The summed E-state index contributed by atoms with van der Waals surface area (Å²) in [5, 5.41) is 8.37. The molecule has 190 valence electrons. The van der Waals surface area contributed by atoms with Crippen LogP contribution in [-0.2, 0) is 20.0 Å². The summed E-state index contributed by atoms with van der Waals surface area (Å²) in [5.41, 5.74) is 12.0. The Morgan fingerprint density at radius 2 is 1.28 bits per heavy atom. The minimum Gasteiger partial charge on any atom is -0.478 e. The van der Waals surface area contributed by atoms with Gasteiger partial charge >= 0.3 is 0 Å². The summed E-state index contributed by atoms with van der Waals surface area (Å²) in [6, 6.07) is 11.7. The van der Waals surface area contributed by atoms with Gasteiger partial charge in [-0.05, 0) is 55.5 Å². The van der Waals surface area contributed by atoms with E-state index in [0.29, 0.717) is 16.4 Å². The number of nitrogens with two attached hydrogens (primary N) is 2. The average Bonchev–Trinajstić information content (AvgIpc) is 3.24. The van der Waals surface area contributed by atoms with Gasteiger partial charge in [0, 0.05) is 23.8 Å². The molecule has 0 spiro atoms. The highest BCUT2D eigenvalue weighted by Gasteiger charge is 2.18. The Balaban J connectivity index is 0.000000202. The summed E-state index contributed by atoms with van der Waals surface area (Å²) in [6.45, 7) is 1.75. The van der Waals surface area contributed by atoms with Gasteiger partial charge in [0.05, 0.1) is 16.9 Å². The van der Waals surface area contributed by atoms with Gasteiger partial charge in [-0.3, -0.25) is 9.44 Å². The minimum atomic E-state index is -3.75. The lowest BCUT2D eigenvalue weighted by Gasteiger charge is -2.09. The first-order valence-electron chi connectivity index (χ1n) is 9.92. The van der Waals surface area contributed by atoms with E-state index in [1.807, 2.05) is 0 Å². The summed E-state index contributed by atoms with van der Waals surface area (Å²) in [7, 11) is -5.99. The van der Waals surface area contributed by atoms with Crippen molar-refractivity contribution in [1.82, 2.24) is 20.2 Å². The molecule has 0 aliphatic heterocycles. The molecule has 2 aromatic carbocycles. The number of aryl methyl sites for hydroxylation is 1. The Bertz CT molecular complexity index is 1520. The standard InChI is InChI=1S/C11H12N4O3S.C9H10N4O2S2/c1-18-11-10(13-6-7-14-11)15-19(16,17)9-4-2-8(12)3-5-9;1-6-11-12-9(16-6)13-17(14,15)8-4-2-7(10)3-5-8/h2-7H,12H2,1H3,(H,13,15);2-5H,10H2,1H3,(H,12,13). The van der Waals surface area contributed by atoms with Crippen LogP contribution in [0, 0.1) is 6.92 Å². The molecule has 2 aromatic heterocycles. The Kier molecular flexibility index (Phi) is 8.23. The zero-order valence-electron chi connectivity index (χ0n) is 19.0. The highest BCUT2D eigenvalue weighted by Crippen LogP contribution is 2.22. The first-order chi connectivity index (χ1) is 17.0. The van der Waals surface area contributed by atoms with Crippen molar-refractivity contribution in [2.45, 2.75) is 16.7 Å². The lowest BCUT2D eigenvalue weighted by Crippen LogP contribution is -2.15. The molecule has 0 amide bonds. The van der Waals surface area contributed by atoms with Crippen molar-refractivity contribution < 1.29 is 21.6 Å². The van der Waals surface area contributed by atoms with Crippen LogP contribution in [0.25, 0.3) is 0 Å². The van der Waals surface area contributed by atoms with E-state index in [2.05, 4.69) is 29.6 Å². The van der Waals surface area contributed by atoms with Crippen LogP contribution in [0.15, 0.2) is 70.7 Å². The third-order valence-electron chi connectivity index (χ3n) is 4.22. The largest absolute Gasteiger partial charge is 0.478 e. The van der Waals surface area contributed by atoms with Gasteiger partial charge in [-0.25, -0.2) is 26.8 Å². The maximum Gasteiger partial charge on any atom is 0.263 e. The number of nitrogens with one attached hydrogen (secondary N) is 2. The topological polar surface area (TPSA) is 205 Å². The summed E-state index contributed by atoms with van der Waals surface area (Å²) in [4.78, 5) is 7.95. The third-order valence-corrected chi connectivity index (χ3v) is 7.81. The zero-order valence-corrected chi connectivity index (χ0v) is 21.4. The summed E-state index contributed by atoms with van der Waals surface area (Å²) < 4.78 is 57.6. The van der Waals surface area contributed by atoms with Gasteiger partial charge in [-0.1, -0.05) is 11.3 Å². The molecule has 4 aromatic rings. The van der Waals surface area contributed by atoms with E-state index < -0.39 is 20.0 Å². The van der Waals surface area contributed by atoms with E-state index in [-0.39, 0.29) is 26.6 Å². The van der Waals surface area contributed by atoms with Crippen molar-refractivity contribution in [1.29, 1.82) is 0 Å². The fourth-order valence-electron chi connectivity index (χ4n) is 2.54. The highest BCUT2D eigenvalue weighted by atomic mass is 32.2. The number of nitrogens with zero attached hydrogens (tertiary/aromatic N) is 4. The molecule has 13 nitrogen and oxygen atoms in total. The minimum absolute atomic E-state index is 0.0295.